The minimum Gasteiger partial charge on any atom is -0.484 e. The number of anilines is 1. The molecule has 1 aromatic heterocycles. The van der Waals surface area contributed by atoms with Gasteiger partial charge in [-0.25, -0.2) is 0 Å². The van der Waals surface area contributed by atoms with Crippen LogP contribution in [0.1, 0.15) is 16.3 Å². The van der Waals surface area contributed by atoms with Crippen LogP contribution in [0.2, 0.25) is 10.0 Å². The molecule has 1 heterocycles. The van der Waals surface area contributed by atoms with Crippen molar-refractivity contribution in [1.29, 1.82) is 0 Å². The van der Waals surface area contributed by atoms with Crippen molar-refractivity contribution in [2.24, 2.45) is 0 Å². The van der Waals surface area contributed by atoms with E-state index in [-0.39, 0.29) is 28.8 Å². The number of rotatable bonds is 6. The first-order valence-corrected chi connectivity index (χ1v) is 8.41. The maximum absolute atomic E-state index is 12.3. The molecule has 0 spiro atoms. The molecule has 1 N–H and O–H groups in total. The van der Waals surface area contributed by atoms with E-state index in [9.17, 15) is 14.9 Å². The van der Waals surface area contributed by atoms with Crippen LogP contribution < -0.4 is 10.1 Å². The summed E-state index contributed by atoms with van der Waals surface area (Å²) in [6, 6.07) is 13.9. The Morgan fingerprint density at radius 2 is 1.93 bits per heavy atom. The van der Waals surface area contributed by atoms with Crippen molar-refractivity contribution >= 4 is 40.5 Å². The van der Waals surface area contributed by atoms with Gasteiger partial charge in [0.2, 0.25) is 0 Å². The second kappa shape index (κ2) is 8.11. The highest BCUT2D eigenvalue weighted by Gasteiger charge is 2.19. The van der Waals surface area contributed by atoms with Gasteiger partial charge in [0, 0.05) is 11.1 Å². The van der Waals surface area contributed by atoms with Crippen LogP contribution in [0.25, 0.3) is 0 Å². The molecule has 7 nitrogen and oxygen atoms in total. The predicted molar refractivity (Wildman–Crippen MR) is 101 cm³/mol. The molecular weight excluding hydrogens is 395 g/mol. The maximum Gasteiger partial charge on any atom is 0.294 e. The van der Waals surface area contributed by atoms with E-state index in [1.54, 1.807) is 30.3 Å². The first kappa shape index (κ1) is 18.8. The van der Waals surface area contributed by atoms with Gasteiger partial charge in [-0.1, -0.05) is 35.3 Å². The Hall–Kier alpha value is -3.03. The second-order valence-corrected chi connectivity index (χ2v) is 6.20. The summed E-state index contributed by atoms with van der Waals surface area (Å²) in [5.74, 6) is 0.227. The van der Waals surface area contributed by atoms with Gasteiger partial charge in [0.1, 0.15) is 23.8 Å². The number of carbonyl (C=O) groups excluding carboxylic acids is 1. The molecule has 138 valence electrons. The monoisotopic (exact) mass is 406 g/mol. The van der Waals surface area contributed by atoms with E-state index in [1.807, 2.05) is 0 Å². The molecule has 2 aromatic carbocycles. The van der Waals surface area contributed by atoms with Crippen LogP contribution in [0.4, 0.5) is 11.4 Å². The molecule has 0 saturated carbocycles. The summed E-state index contributed by atoms with van der Waals surface area (Å²) in [5, 5.41) is 14.2. The zero-order valence-corrected chi connectivity index (χ0v) is 15.2. The molecule has 0 saturated heterocycles. The van der Waals surface area contributed by atoms with Crippen LogP contribution in [0.5, 0.6) is 5.75 Å². The topological polar surface area (TPSA) is 94.6 Å². The molecule has 9 heteroatoms. The number of ether oxygens (including phenoxy) is 1. The number of hydrogen-bond acceptors (Lipinski definition) is 5. The molecule has 0 atom stereocenters. The number of para-hydroxylation sites is 1. The number of halogens is 2. The van der Waals surface area contributed by atoms with Gasteiger partial charge in [-0.15, -0.1) is 0 Å². The first-order valence-electron chi connectivity index (χ1n) is 7.65. The van der Waals surface area contributed by atoms with Gasteiger partial charge in [0.25, 0.3) is 11.6 Å². The quantitative estimate of drug-likeness (QED) is 0.441. The molecule has 0 aliphatic heterocycles. The summed E-state index contributed by atoms with van der Waals surface area (Å²) < 4.78 is 11.0. The number of amides is 1. The Balaban J connectivity index is 1.69. The van der Waals surface area contributed by atoms with Crippen LogP contribution >= 0.6 is 23.2 Å². The maximum atomic E-state index is 12.3. The number of benzene rings is 2. The summed E-state index contributed by atoms with van der Waals surface area (Å²) in [4.78, 5) is 22.7. The normalized spacial score (nSPS) is 10.4. The van der Waals surface area contributed by atoms with Gasteiger partial charge in [-0.2, -0.15) is 0 Å². The van der Waals surface area contributed by atoms with Crippen molar-refractivity contribution in [3.05, 3.63) is 86.3 Å². The van der Waals surface area contributed by atoms with Crippen molar-refractivity contribution in [1.82, 2.24) is 0 Å². The van der Waals surface area contributed by atoms with Crippen LogP contribution in [-0.2, 0) is 6.61 Å². The second-order valence-electron chi connectivity index (χ2n) is 5.36. The van der Waals surface area contributed by atoms with E-state index in [0.29, 0.717) is 16.5 Å². The molecule has 27 heavy (non-hydrogen) atoms. The third kappa shape index (κ3) is 4.58. The lowest BCUT2D eigenvalue weighted by molar-refractivity contribution is -0.383. The first-order chi connectivity index (χ1) is 12.9. The molecule has 0 aliphatic carbocycles. The number of hydrogen-bond donors (Lipinski definition) is 1. The molecule has 1 amide bonds. The number of nitro benzene ring substituents is 1. The van der Waals surface area contributed by atoms with E-state index < -0.39 is 10.8 Å². The number of nitrogens with one attached hydrogen (secondary N) is 1. The summed E-state index contributed by atoms with van der Waals surface area (Å²) in [7, 11) is 0. The predicted octanol–water partition coefficient (Wildman–Crippen LogP) is 5.33. The highest BCUT2D eigenvalue weighted by molar-refractivity contribution is 6.32. The summed E-state index contributed by atoms with van der Waals surface area (Å²) in [6.45, 7) is 0.0676. The minimum absolute atomic E-state index is 0.0136. The average molecular weight is 407 g/mol. The molecule has 0 bridgehead atoms. The third-order valence-corrected chi connectivity index (χ3v) is 4.04. The Labute approximate surface area is 163 Å². The van der Waals surface area contributed by atoms with Gasteiger partial charge < -0.3 is 14.5 Å². The van der Waals surface area contributed by atoms with Crippen molar-refractivity contribution in [3.8, 4) is 5.75 Å². The lowest BCUT2D eigenvalue weighted by Crippen LogP contribution is -2.12. The zero-order chi connectivity index (χ0) is 19.4. The van der Waals surface area contributed by atoms with Gasteiger partial charge in [-0.05, 0) is 36.4 Å². The molecule has 0 radical (unpaired) electrons. The average Bonchev–Trinajstić information content (AvgIpc) is 3.11. The van der Waals surface area contributed by atoms with Crippen LogP contribution in [-0.4, -0.2) is 10.8 Å². The Morgan fingerprint density at radius 3 is 2.67 bits per heavy atom. The highest BCUT2D eigenvalue weighted by atomic mass is 35.5. The lowest BCUT2D eigenvalue weighted by Gasteiger charge is -2.06. The van der Waals surface area contributed by atoms with Gasteiger partial charge in [0.05, 0.1) is 9.95 Å². The van der Waals surface area contributed by atoms with E-state index in [2.05, 4.69) is 5.32 Å². The van der Waals surface area contributed by atoms with Crippen molar-refractivity contribution in [3.63, 3.8) is 0 Å². The summed E-state index contributed by atoms with van der Waals surface area (Å²) in [6.07, 6.45) is 0. The third-order valence-electron chi connectivity index (χ3n) is 3.50. The lowest BCUT2D eigenvalue weighted by atomic mass is 10.2. The number of nitro groups is 1. The Kier molecular flexibility index (Phi) is 5.63. The molecule has 3 aromatic rings. The Bertz CT molecular complexity index is 1000. The molecular formula is C18H12Cl2N2O5. The molecule has 0 fully saturated rings. The number of nitrogens with zero attached hydrogens (tertiary/aromatic N) is 1. The standard InChI is InChI=1S/C18H12Cl2N2O5/c19-11-5-7-14(15(9-11)22(24)25)21-18(23)17-8-6-12(27-17)10-26-16-4-2-1-3-13(16)20/h1-9H,10H2,(H,21,23). The molecule has 0 aliphatic rings. The molecule has 0 unspecified atom stereocenters. The fraction of sp³-hybridized carbons (Fsp3) is 0.0556. The fourth-order valence-corrected chi connectivity index (χ4v) is 2.59. The zero-order valence-electron chi connectivity index (χ0n) is 13.6. The smallest absolute Gasteiger partial charge is 0.294 e. The SMILES string of the molecule is O=C(Nc1ccc(Cl)cc1[N+](=O)[O-])c1ccc(COc2ccccc2Cl)o1. The van der Waals surface area contributed by atoms with E-state index in [0.717, 1.165) is 6.07 Å². The summed E-state index contributed by atoms with van der Waals surface area (Å²) in [5.41, 5.74) is -0.302. The molecule has 3 rings (SSSR count). The van der Waals surface area contributed by atoms with Gasteiger partial charge in [0.15, 0.2) is 5.76 Å². The van der Waals surface area contributed by atoms with Gasteiger partial charge in [-0.3, -0.25) is 14.9 Å². The largest absolute Gasteiger partial charge is 0.484 e. The Morgan fingerprint density at radius 1 is 1.15 bits per heavy atom. The fourth-order valence-electron chi connectivity index (χ4n) is 2.23. The minimum atomic E-state index is -0.635. The van der Waals surface area contributed by atoms with E-state index >= 15 is 0 Å². The number of furan rings is 1. The van der Waals surface area contributed by atoms with Crippen LogP contribution in [0, 0.1) is 10.1 Å². The van der Waals surface area contributed by atoms with Crippen molar-refractivity contribution in [2.45, 2.75) is 6.61 Å². The highest BCUT2D eigenvalue weighted by Crippen LogP contribution is 2.28. The number of carbonyl (C=O) groups is 1. The van der Waals surface area contributed by atoms with Crippen LogP contribution in [0.3, 0.4) is 0 Å². The van der Waals surface area contributed by atoms with Crippen LogP contribution in [0.15, 0.2) is 59.0 Å². The summed E-state index contributed by atoms with van der Waals surface area (Å²) >= 11 is 11.8. The van der Waals surface area contributed by atoms with E-state index in [1.165, 1.54) is 18.2 Å². The van der Waals surface area contributed by atoms with E-state index in [4.69, 9.17) is 32.4 Å². The van der Waals surface area contributed by atoms with Crippen molar-refractivity contribution in [2.75, 3.05) is 5.32 Å². The van der Waals surface area contributed by atoms with Crippen molar-refractivity contribution < 1.29 is 18.9 Å². The van der Waals surface area contributed by atoms with Gasteiger partial charge >= 0.3 is 0 Å².